The van der Waals surface area contributed by atoms with Gasteiger partial charge in [0.05, 0.1) is 18.1 Å². The van der Waals surface area contributed by atoms with Gasteiger partial charge in [-0.25, -0.2) is 9.59 Å². The maximum atomic E-state index is 11.6. The molecule has 8 nitrogen and oxygen atoms in total. The van der Waals surface area contributed by atoms with E-state index < -0.39 is 30.4 Å². The van der Waals surface area contributed by atoms with E-state index in [1.165, 1.54) is 0 Å². The lowest BCUT2D eigenvalue weighted by Gasteiger charge is -2.13. The Morgan fingerprint density at radius 3 is 2.67 bits per heavy atom. The summed E-state index contributed by atoms with van der Waals surface area (Å²) in [6, 6.07) is 6.43. The van der Waals surface area contributed by atoms with Crippen molar-refractivity contribution < 1.29 is 19.5 Å². The number of carbonyl (C=O) groups excluding carboxylic acids is 2. The molecule has 0 aliphatic rings. The Labute approximate surface area is 120 Å². The second-order valence-corrected chi connectivity index (χ2v) is 4.20. The van der Waals surface area contributed by atoms with Gasteiger partial charge >= 0.3 is 12.0 Å². The van der Waals surface area contributed by atoms with Crippen LogP contribution < -0.4 is 16.4 Å². The molecule has 1 atom stereocenters. The van der Waals surface area contributed by atoms with Crippen LogP contribution in [0.15, 0.2) is 24.3 Å². The molecular formula is C13H14N4O4. The molecule has 1 rings (SSSR count). The number of nitriles is 1. The maximum absolute atomic E-state index is 11.6. The van der Waals surface area contributed by atoms with E-state index in [1.807, 2.05) is 6.07 Å². The Bertz CT molecular complexity index is 594. The van der Waals surface area contributed by atoms with Crippen molar-refractivity contribution in [3.8, 4) is 6.07 Å². The Kier molecular flexibility index (Phi) is 5.70. The van der Waals surface area contributed by atoms with Crippen LogP contribution >= 0.6 is 0 Å². The lowest BCUT2D eigenvalue weighted by molar-refractivity contribution is -0.140. The first-order chi connectivity index (χ1) is 9.92. The SMILES string of the molecule is N#Cc1cccc(CNC(=O)NC(CC(N)=O)C(=O)O)c1. The van der Waals surface area contributed by atoms with Gasteiger partial charge in [-0.15, -0.1) is 0 Å². The molecule has 0 spiro atoms. The Morgan fingerprint density at radius 2 is 2.10 bits per heavy atom. The summed E-state index contributed by atoms with van der Waals surface area (Å²) in [5, 5.41) is 22.1. The second kappa shape index (κ2) is 7.49. The molecule has 0 radical (unpaired) electrons. The zero-order chi connectivity index (χ0) is 15.8. The molecule has 0 heterocycles. The molecule has 110 valence electrons. The molecular weight excluding hydrogens is 276 g/mol. The molecule has 0 fully saturated rings. The second-order valence-electron chi connectivity index (χ2n) is 4.20. The van der Waals surface area contributed by atoms with Gasteiger partial charge in [-0.2, -0.15) is 5.26 Å². The molecule has 8 heteroatoms. The number of nitrogens with zero attached hydrogens (tertiary/aromatic N) is 1. The topological polar surface area (TPSA) is 145 Å². The van der Waals surface area contributed by atoms with E-state index >= 15 is 0 Å². The van der Waals surface area contributed by atoms with Gasteiger partial charge in [0, 0.05) is 6.54 Å². The molecule has 0 saturated heterocycles. The van der Waals surface area contributed by atoms with Gasteiger partial charge < -0.3 is 21.5 Å². The first-order valence-corrected chi connectivity index (χ1v) is 5.97. The average Bonchev–Trinajstić information content (AvgIpc) is 2.44. The van der Waals surface area contributed by atoms with E-state index in [9.17, 15) is 14.4 Å². The summed E-state index contributed by atoms with van der Waals surface area (Å²) < 4.78 is 0. The van der Waals surface area contributed by atoms with E-state index in [0.29, 0.717) is 11.1 Å². The molecule has 0 aliphatic heterocycles. The third kappa shape index (κ3) is 5.61. The van der Waals surface area contributed by atoms with Gasteiger partial charge in [0.15, 0.2) is 0 Å². The number of hydrogen-bond donors (Lipinski definition) is 4. The fourth-order valence-corrected chi connectivity index (χ4v) is 1.54. The Hall–Kier alpha value is -3.08. The number of nitrogens with one attached hydrogen (secondary N) is 2. The number of hydrogen-bond acceptors (Lipinski definition) is 4. The highest BCUT2D eigenvalue weighted by atomic mass is 16.4. The minimum absolute atomic E-state index is 0.115. The minimum atomic E-state index is -1.38. The number of benzene rings is 1. The van der Waals surface area contributed by atoms with Gasteiger partial charge in [-0.1, -0.05) is 12.1 Å². The average molecular weight is 290 g/mol. The summed E-state index contributed by atoms with van der Waals surface area (Å²) in [6.07, 6.45) is -0.493. The van der Waals surface area contributed by atoms with Crippen LogP contribution in [0.5, 0.6) is 0 Å². The molecule has 1 aromatic rings. The van der Waals surface area contributed by atoms with Crippen molar-refractivity contribution in [3.05, 3.63) is 35.4 Å². The summed E-state index contributed by atoms with van der Waals surface area (Å²) in [4.78, 5) is 33.1. The normalized spacial score (nSPS) is 11.0. The molecule has 3 amide bonds. The monoisotopic (exact) mass is 290 g/mol. The Morgan fingerprint density at radius 1 is 1.38 bits per heavy atom. The Balaban J connectivity index is 2.54. The summed E-state index contributed by atoms with van der Waals surface area (Å²) in [5.74, 6) is -2.18. The first kappa shape index (κ1) is 16.0. The molecule has 5 N–H and O–H groups in total. The van der Waals surface area contributed by atoms with Crippen molar-refractivity contribution in [2.24, 2.45) is 5.73 Å². The van der Waals surface area contributed by atoms with E-state index in [0.717, 1.165) is 0 Å². The van der Waals surface area contributed by atoms with Gasteiger partial charge in [0.2, 0.25) is 5.91 Å². The zero-order valence-electron chi connectivity index (χ0n) is 11.0. The number of aliphatic carboxylic acids is 1. The summed E-state index contributed by atoms with van der Waals surface area (Å²) in [6.45, 7) is 0.115. The number of amides is 3. The lowest BCUT2D eigenvalue weighted by atomic mass is 10.1. The van der Waals surface area contributed by atoms with Gasteiger partial charge in [-0.05, 0) is 17.7 Å². The van der Waals surface area contributed by atoms with E-state index in [-0.39, 0.29) is 6.54 Å². The van der Waals surface area contributed by atoms with Gasteiger partial charge in [-0.3, -0.25) is 4.79 Å². The third-order valence-electron chi connectivity index (χ3n) is 2.52. The van der Waals surface area contributed by atoms with Gasteiger partial charge in [0.25, 0.3) is 0 Å². The largest absolute Gasteiger partial charge is 0.480 e. The molecule has 1 unspecified atom stereocenters. The predicted molar refractivity (Wildman–Crippen MR) is 71.8 cm³/mol. The van der Waals surface area contributed by atoms with Crippen LogP contribution in [0.4, 0.5) is 4.79 Å². The number of carboxylic acid groups (broad SMARTS) is 1. The summed E-state index contributed by atoms with van der Waals surface area (Å²) >= 11 is 0. The highest BCUT2D eigenvalue weighted by Crippen LogP contribution is 2.03. The fourth-order valence-electron chi connectivity index (χ4n) is 1.54. The van der Waals surface area contributed by atoms with Crippen molar-refractivity contribution >= 4 is 17.9 Å². The maximum Gasteiger partial charge on any atom is 0.326 e. The van der Waals surface area contributed by atoms with E-state index in [2.05, 4.69) is 10.6 Å². The van der Waals surface area contributed by atoms with Crippen LogP contribution in [-0.2, 0) is 16.1 Å². The first-order valence-electron chi connectivity index (χ1n) is 5.97. The van der Waals surface area contributed by atoms with Crippen molar-refractivity contribution in [2.45, 2.75) is 19.0 Å². The highest BCUT2D eigenvalue weighted by molar-refractivity contribution is 5.87. The zero-order valence-corrected chi connectivity index (χ0v) is 11.0. The summed E-state index contributed by atoms with van der Waals surface area (Å²) in [5.41, 5.74) is 6.04. The summed E-state index contributed by atoms with van der Waals surface area (Å²) in [7, 11) is 0. The number of primary amides is 1. The smallest absolute Gasteiger partial charge is 0.326 e. The minimum Gasteiger partial charge on any atom is -0.480 e. The lowest BCUT2D eigenvalue weighted by Crippen LogP contribution is -2.47. The van der Waals surface area contributed by atoms with E-state index in [4.69, 9.17) is 16.1 Å². The quantitative estimate of drug-likeness (QED) is 0.567. The molecule has 1 aromatic carbocycles. The molecule has 21 heavy (non-hydrogen) atoms. The van der Waals surface area contributed by atoms with Crippen molar-refractivity contribution in [1.29, 1.82) is 5.26 Å². The number of carbonyl (C=O) groups is 3. The number of nitrogens with two attached hydrogens (primary N) is 1. The van der Waals surface area contributed by atoms with Crippen LogP contribution in [0, 0.1) is 11.3 Å². The standard InChI is InChI=1S/C13H14N4O4/c14-6-8-2-1-3-9(4-8)7-16-13(21)17-10(12(19)20)5-11(15)18/h1-4,10H,5,7H2,(H2,15,18)(H,19,20)(H2,16,17,21). The van der Waals surface area contributed by atoms with Crippen LogP contribution in [-0.4, -0.2) is 29.1 Å². The third-order valence-corrected chi connectivity index (χ3v) is 2.52. The van der Waals surface area contributed by atoms with Crippen LogP contribution in [0.2, 0.25) is 0 Å². The number of carboxylic acids is 1. The highest BCUT2D eigenvalue weighted by Gasteiger charge is 2.21. The fraction of sp³-hybridized carbons (Fsp3) is 0.231. The predicted octanol–water partition coefficient (Wildman–Crippen LogP) is -0.314. The van der Waals surface area contributed by atoms with Crippen molar-refractivity contribution in [2.75, 3.05) is 0 Å². The van der Waals surface area contributed by atoms with Crippen molar-refractivity contribution in [3.63, 3.8) is 0 Å². The van der Waals surface area contributed by atoms with Gasteiger partial charge in [0.1, 0.15) is 6.04 Å². The van der Waals surface area contributed by atoms with E-state index in [1.54, 1.807) is 24.3 Å². The van der Waals surface area contributed by atoms with Crippen molar-refractivity contribution in [1.82, 2.24) is 10.6 Å². The molecule has 0 saturated carbocycles. The van der Waals surface area contributed by atoms with Crippen LogP contribution in [0.1, 0.15) is 17.5 Å². The number of rotatable bonds is 6. The molecule has 0 aliphatic carbocycles. The van der Waals surface area contributed by atoms with Crippen LogP contribution in [0.25, 0.3) is 0 Å². The number of urea groups is 1. The molecule has 0 aromatic heterocycles. The van der Waals surface area contributed by atoms with Crippen LogP contribution in [0.3, 0.4) is 0 Å². The molecule has 0 bridgehead atoms.